The fraction of sp³-hybridized carbons (Fsp3) is 0.167. The van der Waals surface area contributed by atoms with Crippen LogP contribution in [0.5, 0.6) is 0 Å². The maximum absolute atomic E-state index is 3.98. The number of nitrogens with one attached hydrogen (secondary N) is 1. The second kappa shape index (κ2) is 3.86. The van der Waals surface area contributed by atoms with Crippen LogP contribution >= 0.6 is 0 Å². The highest BCUT2D eigenvalue weighted by molar-refractivity contribution is 4.98. The van der Waals surface area contributed by atoms with Gasteiger partial charge >= 0.3 is 0 Å². The van der Waals surface area contributed by atoms with Gasteiger partial charge in [-0.3, -0.25) is 0 Å². The van der Waals surface area contributed by atoms with Gasteiger partial charge in [-0.05, 0) is 0 Å². The number of imidazole rings is 1. The topological polar surface area (TPSA) is 60.2 Å². The van der Waals surface area contributed by atoms with Crippen molar-refractivity contribution in [2.45, 2.75) is 6.42 Å². The average Bonchev–Trinajstić information content (AvgIpc) is 2.19. The largest absolute Gasteiger partial charge is 0.412 e. The lowest BCUT2D eigenvalue weighted by Gasteiger charge is -1.79. The van der Waals surface area contributed by atoms with Gasteiger partial charge < -0.3 is 10.5 Å². The summed E-state index contributed by atoms with van der Waals surface area (Å²) < 4.78 is 0. The second-order valence-electron chi connectivity index (χ2n) is 1.55. The van der Waals surface area contributed by atoms with Crippen molar-refractivity contribution in [3.05, 3.63) is 30.9 Å². The van der Waals surface area contributed by atoms with Crippen LogP contribution in [0.2, 0.25) is 0 Å². The van der Waals surface area contributed by atoms with E-state index in [2.05, 4.69) is 16.5 Å². The van der Waals surface area contributed by atoms with Crippen LogP contribution in [-0.4, -0.2) is 15.4 Å². The Morgan fingerprint density at radius 3 is 3.00 bits per heavy atom. The summed E-state index contributed by atoms with van der Waals surface area (Å²) in [4.78, 5) is 6.83. The van der Waals surface area contributed by atoms with Gasteiger partial charge in [0.2, 0.25) is 0 Å². The summed E-state index contributed by atoms with van der Waals surface area (Å²) in [6, 6.07) is 0. The first-order chi connectivity index (χ1) is 3.93. The lowest BCUT2D eigenvalue weighted by molar-refractivity contribution is 0.824. The third-order valence-corrected chi connectivity index (χ3v) is 0.908. The maximum Gasteiger partial charge on any atom is 0.0923 e. The molecule has 3 heteroatoms. The molecule has 0 saturated carbocycles. The van der Waals surface area contributed by atoms with Crippen molar-refractivity contribution in [2.24, 2.45) is 0 Å². The number of aromatic amines is 1. The third-order valence-electron chi connectivity index (χ3n) is 0.908. The second-order valence-corrected chi connectivity index (χ2v) is 1.55. The molecule has 0 spiro atoms. The molecule has 3 N–H and O–H groups in total. The summed E-state index contributed by atoms with van der Waals surface area (Å²) in [6.45, 7) is 3.58. The predicted octanol–water partition coefficient (Wildman–Crippen LogP) is 0.313. The minimum Gasteiger partial charge on any atom is -0.412 e. The van der Waals surface area contributed by atoms with Gasteiger partial charge in [-0.2, -0.15) is 0 Å². The highest BCUT2D eigenvalue weighted by Crippen LogP contribution is 1.90. The Morgan fingerprint density at radius 2 is 2.56 bits per heavy atom. The Hall–Kier alpha value is -1.09. The van der Waals surface area contributed by atoms with Crippen LogP contribution in [0.15, 0.2) is 25.2 Å². The molecule has 0 amide bonds. The van der Waals surface area contributed by atoms with Gasteiger partial charge in [0, 0.05) is 12.6 Å². The SMILES string of the molecule is C=CCc1c[nH]cn1.O. The summed E-state index contributed by atoms with van der Waals surface area (Å²) in [6.07, 6.45) is 6.21. The zero-order valence-electron chi connectivity index (χ0n) is 5.09. The summed E-state index contributed by atoms with van der Waals surface area (Å²) >= 11 is 0. The Labute approximate surface area is 53.7 Å². The van der Waals surface area contributed by atoms with E-state index in [-0.39, 0.29) is 5.48 Å². The van der Waals surface area contributed by atoms with Crippen LogP contribution in [0.1, 0.15) is 5.69 Å². The van der Waals surface area contributed by atoms with Crippen LogP contribution in [0.25, 0.3) is 0 Å². The molecule has 3 nitrogen and oxygen atoms in total. The van der Waals surface area contributed by atoms with Gasteiger partial charge in [0.05, 0.1) is 12.0 Å². The molecule has 0 saturated heterocycles. The lowest BCUT2D eigenvalue weighted by Crippen LogP contribution is -1.75. The molecular formula is C6H10N2O. The van der Waals surface area contributed by atoms with Gasteiger partial charge in [-0.25, -0.2) is 4.98 Å². The quantitative estimate of drug-likeness (QED) is 0.570. The van der Waals surface area contributed by atoms with Gasteiger partial charge in [0.15, 0.2) is 0 Å². The molecule has 0 aromatic carbocycles. The Balaban J connectivity index is 0.000000640. The van der Waals surface area contributed by atoms with Crippen LogP contribution in [0.4, 0.5) is 0 Å². The molecule has 0 unspecified atom stereocenters. The average molecular weight is 126 g/mol. The predicted molar refractivity (Wildman–Crippen MR) is 36.1 cm³/mol. The number of aromatic nitrogens is 2. The maximum atomic E-state index is 3.98. The van der Waals surface area contributed by atoms with Crippen LogP contribution in [0.3, 0.4) is 0 Å². The minimum absolute atomic E-state index is 0. The van der Waals surface area contributed by atoms with Gasteiger partial charge in [0.25, 0.3) is 0 Å². The van der Waals surface area contributed by atoms with Crippen LogP contribution in [-0.2, 0) is 6.42 Å². The van der Waals surface area contributed by atoms with E-state index >= 15 is 0 Å². The Bertz CT molecular complexity index is 158. The first-order valence-electron chi connectivity index (χ1n) is 2.52. The summed E-state index contributed by atoms with van der Waals surface area (Å²) in [5.74, 6) is 0. The van der Waals surface area contributed by atoms with Crippen molar-refractivity contribution in [3.8, 4) is 0 Å². The van der Waals surface area contributed by atoms with E-state index in [4.69, 9.17) is 0 Å². The first kappa shape index (κ1) is 7.91. The molecule has 0 aliphatic rings. The molecule has 0 aliphatic heterocycles. The highest BCUT2D eigenvalue weighted by atomic mass is 16.0. The van der Waals surface area contributed by atoms with Gasteiger partial charge in [-0.15, -0.1) is 6.58 Å². The van der Waals surface area contributed by atoms with Crippen molar-refractivity contribution in [3.63, 3.8) is 0 Å². The number of nitrogens with zero attached hydrogens (tertiary/aromatic N) is 1. The van der Waals surface area contributed by atoms with E-state index in [1.165, 1.54) is 0 Å². The molecule has 0 aliphatic carbocycles. The summed E-state index contributed by atoms with van der Waals surface area (Å²) in [7, 11) is 0. The summed E-state index contributed by atoms with van der Waals surface area (Å²) in [5.41, 5.74) is 1.04. The van der Waals surface area contributed by atoms with E-state index in [1.807, 2.05) is 12.3 Å². The molecule has 50 valence electrons. The van der Waals surface area contributed by atoms with Crippen LogP contribution in [0, 0.1) is 0 Å². The smallest absolute Gasteiger partial charge is 0.0923 e. The van der Waals surface area contributed by atoms with E-state index < -0.39 is 0 Å². The lowest BCUT2D eigenvalue weighted by atomic mass is 10.3. The molecule has 1 aromatic rings. The van der Waals surface area contributed by atoms with Gasteiger partial charge in [0.1, 0.15) is 0 Å². The molecule has 0 radical (unpaired) electrons. The molecule has 1 rings (SSSR count). The van der Waals surface area contributed by atoms with Crippen LogP contribution < -0.4 is 0 Å². The molecule has 0 bridgehead atoms. The van der Waals surface area contributed by atoms with E-state index in [0.29, 0.717) is 0 Å². The number of allylic oxidation sites excluding steroid dienone is 1. The van der Waals surface area contributed by atoms with Crippen molar-refractivity contribution in [1.29, 1.82) is 0 Å². The molecule has 9 heavy (non-hydrogen) atoms. The Morgan fingerprint density at radius 1 is 1.78 bits per heavy atom. The monoisotopic (exact) mass is 126 g/mol. The van der Waals surface area contributed by atoms with E-state index in [1.54, 1.807) is 6.33 Å². The normalized spacial score (nSPS) is 8.00. The minimum atomic E-state index is 0. The Kier molecular flexibility index (Phi) is 3.39. The molecular weight excluding hydrogens is 116 g/mol. The number of H-pyrrole nitrogens is 1. The molecule has 0 fully saturated rings. The van der Waals surface area contributed by atoms with Crippen molar-refractivity contribution in [1.82, 2.24) is 9.97 Å². The zero-order valence-corrected chi connectivity index (χ0v) is 5.09. The third kappa shape index (κ3) is 2.10. The van der Waals surface area contributed by atoms with Gasteiger partial charge in [-0.1, -0.05) is 6.08 Å². The number of hydrogen-bond donors (Lipinski definition) is 1. The molecule has 0 atom stereocenters. The number of rotatable bonds is 2. The van der Waals surface area contributed by atoms with E-state index in [9.17, 15) is 0 Å². The number of hydrogen-bond acceptors (Lipinski definition) is 1. The zero-order chi connectivity index (χ0) is 5.82. The van der Waals surface area contributed by atoms with Crippen molar-refractivity contribution >= 4 is 0 Å². The fourth-order valence-corrected chi connectivity index (χ4v) is 0.550. The van der Waals surface area contributed by atoms with Crippen molar-refractivity contribution < 1.29 is 5.48 Å². The van der Waals surface area contributed by atoms with Crippen molar-refractivity contribution in [2.75, 3.05) is 0 Å². The molecule has 1 heterocycles. The first-order valence-corrected chi connectivity index (χ1v) is 2.52. The highest BCUT2D eigenvalue weighted by Gasteiger charge is 1.85. The molecule has 1 aromatic heterocycles. The fourth-order valence-electron chi connectivity index (χ4n) is 0.550. The summed E-state index contributed by atoms with van der Waals surface area (Å²) in [5, 5.41) is 0. The standard InChI is InChI=1S/C6H8N2.H2O/c1-2-3-6-4-7-5-8-6;/h2,4-5H,1,3H2,(H,7,8);1H2. The van der Waals surface area contributed by atoms with E-state index in [0.717, 1.165) is 12.1 Å².